The molecule has 5 aromatic rings. The molecule has 2 amide bonds. The lowest BCUT2D eigenvalue weighted by Gasteiger charge is -2.38. The summed E-state index contributed by atoms with van der Waals surface area (Å²) < 4.78 is 30.0. The van der Waals surface area contributed by atoms with Crippen LogP contribution in [0.1, 0.15) is 80.9 Å². The number of hydrogen-bond acceptors (Lipinski definition) is 13. The first-order valence-electron chi connectivity index (χ1n) is 17.6. The number of nitrogens with zero attached hydrogens (tertiary/aromatic N) is 9. The summed E-state index contributed by atoms with van der Waals surface area (Å²) in [5, 5.41) is 22.4. The number of carbonyl (C=O) groups excluding carboxylic acids is 2. The predicted molar refractivity (Wildman–Crippen MR) is 196 cm³/mol. The summed E-state index contributed by atoms with van der Waals surface area (Å²) in [6, 6.07) is 6.52. The maximum atomic E-state index is 15.3. The fourth-order valence-corrected chi connectivity index (χ4v) is 7.75. The molecule has 5 heterocycles. The lowest BCUT2D eigenvalue weighted by Crippen LogP contribution is -2.51. The highest BCUT2D eigenvalue weighted by atomic mass is 32.1. The molecule has 7 rings (SSSR count). The van der Waals surface area contributed by atoms with Crippen LogP contribution in [0.2, 0.25) is 0 Å². The molecule has 2 fully saturated rings. The lowest BCUT2D eigenvalue weighted by atomic mass is 9.82. The maximum Gasteiger partial charge on any atom is 0.408 e. The van der Waals surface area contributed by atoms with E-state index in [2.05, 4.69) is 46.1 Å². The van der Waals surface area contributed by atoms with Crippen LogP contribution in [-0.2, 0) is 4.74 Å². The number of hydrogen-bond donors (Lipinski definition) is 3. The van der Waals surface area contributed by atoms with Gasteiger partial charge in [-0.25, -0.2) is 23.7 Å². The first-order chi connectivity index (χ1) is 25.2. The van der Waals surface area contributed by atoms with E-state index in [4.69, 9.17) is 15.2 Å². The number of nitrogen functional groups attached to an aromatic ring is 1. The SMILES string of the molecule is Cc1nc(OC2CCC(C)(NC(=O)OC(C)(C)C)CC2)c(C(=O)N[C@@H]2CCCN(c3cc(-c4ccc(-n5cnnn5)c(F)c4)n4ncnc(N)c34)C2)s1. The van der Waals surface area contributed by atoms with Crippen molar-refractivity contribution in [3.8, 4) is 22.8 Å². The van der Waals surface area contributed by atoms with Gasteiger partial charge in [-0.3, -0.25) is 4.79 Å². The molecule has 0 unspecified atom stereocenters. The Morgan fingerprint density at radius 1 is 1.13 bits per heavy atom. The second-order valence-electron chi connectivity index (χ2n) is 14.9. The first-order valence-corrected chi connectivity index (χ1v) is 18.4. The molecule has 1 aromatic carbocycles. The molecular weight excluding hydrogens is 704 g/mol. The van der Waals surface area contributed by atoms with Gasteiger partial charge in [0.2, 0.25) is 5.88 Å². The number of thiazole rings is 1. The Bertz CT molecular complexity index is 2120. The van der Waals surface area contributed by atoms with E-state index >= 15 is 4.39 Å². The zero-order valence-electron chi connectivity index (χ0n) is 30.3. The molecule has 0 spiro atoms. The summed E-state index contributed by atoms with van der Waals surface area (Å²) in [5.41, 5.74) is 8.22. The molecule has 0 radical (unpaired) electrons. The van der Waals surface area contributed by atoms with E-state index in [-0.39, 0.29) is 29.6 Å². The molecule has 4 N–H and O–H groups in total. The van der Waals surface area contributed by atoms with Crippen LogP contribution in [0.15, 0.2) is 36.9 Å². The van der Waals surface area contributed by atoms with Crippen molar-refractivity contribution in [3.05, 3.63) is 52.6 Å². The summed E-state index contributed by atoms with van der Waals surface area (Å²) in [7, 11) is 0. The zero-order chi connectivity index (χ0) is 37.5. The Balaban J connectivity index is 1.03. The minimum atomic E-state index is -0.576. The summed E-state index contributed by atoms with van der Waals surface area (Å²) in [6.07, 6.45) is 6.49. The number of tetrazole rings is 1. The smallest absolute Gasteiger partial charge is 0.408 e. The number of halogens is 1. The lowest BCUT2D eigenvalue weighted by molar-refractivity contribution is 0.0383. The van der Waals surface area contributed by atoms with Gasteiger partial charge in [-0.2, -0.15) is 9.78 Å². The molecule has 1 aliphatic heterocycles. The molecule has 4 aromatic heterocycles. The number of ether oxygens (including phenoxy) is 2. The van der Waals surface area contributed by atoms with Crippen molar-refractivity contribution in [2.75, 3.05) is 23.7 Å². The molecular formula is C35H43FN12O4S. The number of nitrogens with one attached hydrogen (secondary N) is 2. The van der Waals surface area contributed by atoms with Crippen LogP contribution in [0.5, 0.6) is 5.88 Å². The number of fused-ring (bicyclic) bond motifs is 1. The van der Waals surface area contributed by atoms with Crippen molar-refractivity contribution in [1.82, 2.24) is 50.4 Å². The Morgan fingerprint density at radius 3 is 2.64 bits per heavy atom. The fourth-order valence-electron chi connectivity index (χ4n) is 6.99. The molecule has 1 aliphatic carbocycles. The zero-order valence-corrected chi connectivity index (χ0v) is 31.1. The van der Waals surface area contributed by atoms with Gasteiger partial charge in [-0.15, -0.1) is 16.4 Å². The number of amides is 2. The number of rotatable bonds is 8. The van der Waals surface area contributed by atoms with Crippen LogP contribution in [0.4, 0.5) is 20.7 Å². The van der Waals surface area contributed by atoms with Gasteiger partial charge < -0.3 is 30.7 Å². The van der Waals surface area contributed by atoms with E-state index in [1.54, 1.807) is 16.6 Å². The fraction of sp³-hybridized carbons (Fsp3) is 0.486. The highest BCUT2D eigenvalue weighted by molar-refractivity contribution is 7.13. The monoisotopic (exact) mass is 746 g/mol. The quantitative estimate of drug-likeness (QED) is 0.196. The molecule has 18 heteroatoms. The molecule has 16 nitrogen and oxygen atoms in total. The average molecular weight is 747 g/mol. The second-order valence-corrected chi connectivity index (χ2v) is 16.1. The van der Waals surface area contributed by atoms with Gasteiger partial charge in [0.05, 0.1) is 16.4 Å². The van der Waals surface area contributed by atoms with Gasteiger partial charge in [-0.1, -0.05) is 6.07 Å². The van der Waals surface area contributed by atoms with Gasteiger partial charge in [-0.05, 0) is 102 Å². The molecule has 280 valence electrons. The van der Waals surface area contributed by atoms with Crippen LogP contribution in [0, 0.1) is 12.7 Å². The number of carbonyl (C=O) groups is 2. The van der Waals surface area contributed by atoms with Crippen molar-refractivity contribution >= 4 is 40.4 Å². The van der Waals surface area contributed by atoms with Gasteiger partial charge in [0.15, 0.2) is 10.7 Å². The topological polar surface area (TPSA) is 193 Å². The number of aryl methyl sites for hydroxylation is 1. The third-order valence-electron chi connectivity index (χ3n) is 9.53. The van der Waals surface area contributed by atoms with Gasteiger partial charge in [0.1, 0.15) is 41.4 Å². The van der Waals surface area contributed by atoms with Crippen LogP contribution < -0.4 is 26.0 Å². The maximum absolute atomic E-state index is 15.3. The third-order valence-corrected chi connectivity index (χ3v) is 10.5. The number of piperidine rings is 1. The normalized spacial score (nSPS) is 20.7. The number of anilines is 2. The van der Waals surface area contributed by atoms with E-state index in [0.717, 1.165) is 23.5 Å². The molecule has 1 saturated carbocycles. The summed E-state index contributed by atoms with van der Waals surface area (Å²) in [4.78, 5) is 37.6. The molecule has 1 atom stereocenters. The van der Waals surface area contributed by atoms with Crippen LogP contribution in [0.3, 0.4) is 0 Å². The first kappa shape index (κ1) is 36.0. The van der Waals surface area contributed by atoms with Crippen LogP contribution in [0.25, 0.3) is 22.5 Å². The van der Waals surface area contributed by atoms with Crippen molar-refractivity contribution in [2.45, 2.75) is 96.4 Å². The molecule has 0 bridgehead atoms. The third kappa shape index (κ3) is 7.86. The van der Waals surface area contributed by atoms with Crippen LogP contribution >= 0.6 is 11.3 Å². The molecule has 1 saturated heterocycles. The standard InChI is InChI=1S/C35H43FN12O4S/c1-20-41-32(51-23-10-12-35(5,13-11-23)43-33(50)52-34(2,3)4)29(53-20)31(49)42-22-7-6-14-46(17-22)27-16-26(48-28(27)30(37)38-18-40-48)21-8-9-25(24(36)15-21)47-19-39-44-45-47/h8-9,15-16,18-19,22-23H,6-7,10-14,17H2,1-5H3,(H,42,49)(H,43,50)(H2,37,38,40)/t22-,23?,35?/m1/s1. The summed E-state index contributed by atoms with van der Waals surface area (Å²) in [6.45, 7) is 10.6. The summed E-state index contributed by atoms with van der Waals surface area (Å²) in [5.74, 6) is -0.137. The minimum Gasteiger partial charge on any atom is -0.473 e. The van der Waals surface area contributed by atoms with Gasteiger partial charge in [0, 0.05) is 30.2 Å². The van der Waals surface area contributed by atoms with Gasteiger partial charge in [0.25, 0.3) is 5.91 Å². The summed E-state index contributed by atoms with van der Waals surface area (Å²) >= 11 is 1.30. The number of alkyl carbamates (subject to hydrolysis) is 1. The average Bonchev–Trinajstić information content (AvgIpc) is 3.85. The Kier molecular flexibility index (Phi) is 9.65. The number of benzene rings is 1. The predicted octanol–water partition coefficient (Wildman–Crippen LogP) is 4.86. The number of nitrogens with two attached hydrogens (primary N) is 1. The van der Waals surface area contributed by atoms with E-state index in [0.29, 0.717) is 66.3 Å². The highest BCUT2D eigenvalue weighted by Crippen LogP contribution is 2.37. The van der Waals surface area contributed by atoms with Crippen LogP contribution in [-0.4, -0.2) is 88.2 Å². The highest BCUT2D eigenvalue weighted by Gasteiger charge is 2.36. The Labute approximate surface area is 309 Å². The van der Waals surface area contributed by atoms with Crippen molar-refractivity contribution in [3.63, 3.8) is 0 Å². The largest absolute Gasteiger partial charge is 0.473 e. The minimum absolute atomic E-state index is 0.143. The van der Waals surface area contributed by atoms with Crippen molar-refractivity contribution < 1.29 is 23.5 Å². The van der Waals surface area contributed by atoms with Gasteiger partial charge >= 0.3 is 6.09 Å². The molecule has 2 aliphatic rings. The van der Waals surface area contributed by atoms with Crippen molar-refractivity contribution in [2.24, 2.45) is 0 Å². The van der Waals surface area contributed by atoms with E-state index in [1.807, 2.05) is 40.7 Å². The molecule has 53 heavy (non-hydrogen) atoms. The van der Waals surface area contributed by atoms with E-state index in [9.17, 15) is 9.59 Å². The second kappa shape index (κ2) is 14.2. The Hall–Kier alpha value is -5.39. The number of aromatic nitrogens is 8. The van der Waals surface area contributed by atoms with E-state index in [1.165, 1.54) is 34.7 Å². The Morgan fingerprint density at radius 2 is 1.92 bits per heavy atom. The van der Waals surface area contributed by atoms with E-state index < -0.39 is 23.1 Å². The van der Waals surface area contributed by atoms with Crippen molar-refractivity contribution in [1.29, 1.82) is 0 Å².